The summed E-state index contributed by atoms with van der Waals surface area (Å²) in [7, 11) is 3.17. The first-order valence-corrected chi connectivity index (χ1v) is 29.2. The number of rotatable bonds is 44. The van der Waals surface area contributed by atoms with Crippen molar-refractivity contribution in [3.63, 3.8) is 0 Å². The highest BCUT2D eigenvalue weighted by Crippen LogP contribution is 2.24. The van der Waals surface area contributed by atoms with Gasteiger partial charge >= 0.3 is 24.0 Å². The van der Waals surface area contributed by atoms with Gasteiger partial charge in [0, 0.05) is 24.0 Å². The molecule has 1 aliphatic rings. The summed E-state index contributed by atoms with van der Waals surface area (Å²) in [6.07, 6.45) is 32.2. The Morgan fingerprint density at radius 2 is 0.969 bits per heavy atom. The summed E-state index contributed by atoms with van der Waals surface area (Å²) in [6, 6.07) is 0.652. The molecular weight excluding hydrogens is 845 g/mol. The minimum Gasteiger partial charge on any atom is -0.465 e. The van der Waals surface area contributed by atoms with Crippen LogP contribution in [-0.4, -0.2) is 104 Å². The van der Waals surface area contributed by atoms with Crippen LogP contribution in [0.1, 0.15) is 227 Å². The number of hydrogen-bond acceptors (Lipinski definition) is 11. The van der Waals surface area contributed by atoms with Gasteiger partial charge in [-0.25, -0.2) is 4.79 Å². The SMILES string of the molecule is CCCCCCCCC(CCCCCC)C(=O)OCCN(CCOC(=O)C(CCCCCC)CCCCCCCC)C(=O)OCCSSCCOC(=O)CCCN1CCCCC1CC. The van der Waals surface area contributed by atoms with Crippen LogP contribution >= 0.6 is 21.6 Å². The van der Waals surface area contributed by atoms with Crippen molar-refractivity contribution in [2.45, 2.75) is 233 Å². The summed E-state index contributed by atoms with van der Waals surface area (Å²) in [5.41, 5.74) is 0. The molecule has 0 bridgehead atoms. The molecule has 0 aromatic heterocycles. The smallest absolute Gasteiger partial charge is 0.410 e. The number of carbonyl (C=O) groups is 4. The first-order chi connectivity index (χ1) is 31.3. The van der Waals surface area contributed by atoms with Gasteiger partial charge in [0.25, 0.3) is 0 Å². The summed E-state index contributed by atoms with van der Waals surface area (Å²) in [5.74, 6) is 0.504. The zero-order valence-electron chi connectivity index (χ0n) is 42.0. The lowest BCUT2D eigenvalue weighted by Crippen LogP contribution is -2.39. The number of hydrogen-bond donors (Lipinski definition) is 0. The van der Waals surface area contributed by atoms with Crippen molar-refractivity contribution in [1.82, 2.24) is 9.80 Å². The number of nitrogens with zero attached hydrogens (tertiary/aromatic N) is 2. The molecule has 0 radical (unpaired) electrons. The molecule has 1 aliphatic heterocycles. The Morgan fingerprint density at radius 1 is 0.531 bits per heavy atom. The molecule has 1 amide bonds. The molecule has 3 atom stereocenters. The fourth-order valence-electron chi connectivity index (χ4n) is 8.66. The minimum atomic E-state index is -0.507. The maximum atomic E-state index is 13.4. The maximum Gasteiger partial charge on any atom is 0.410 e. The van der Waals surface area contributed by atoms with Gasteiger partial charge in [-0.05, 0) is 64.5 Å². The van der Waals surface area contributed by atoms with Crippen molar-refractivity contribution in [3.05, 3.63) is 0 Å². The van der Waals surface area contributed by atoms with Crippen LogP contribution in [0, 0.1) is 11.8 Å². The molecule has 0 aromatic carbocycles. The van der Waals surface area contributed by atoms with E-state index in [1.54, 1.807) is 21.6 Å². The number of piperidine rings is 1. The number of ether oxygens (including phenoxy) is 4. The monoisotopic (exact) mass is 943 g/mol. The highest BCUT2D eigenvalue weighted by atomic mass is 33.1. The Labute approximate surface area is 401 Å². The fourth-order valence-corrected chi connectivity index (χ4v) is 10.3. The van der Waals surface area contributed by atoms with Crippen molar-refractivity contribution in [2.24, 2.45) is 11.8 Å². The molecule has 1 rings (SSSR count). The molecule has 1 heterocycles. The third-order valence-electron chi connectivity index (χ3n) is 12.7. The molecule has 10 nitrogen and oxygen atoms in total. The van der Waals surface area contributed by atoms with Gasteiger partial charge in [0.2, 0.25) is 0 Å². The van der Waals surface area contributed by atoms with E-state index in [-0.39, 0.29) is 62.7 Å². The number of esters is 3. The van der Waals surface area contributed by atoms with Crippen molar-refractivity contribution in [2.75, 3.05) is 64.1 Å². The Morgan fingerprint density at radius 3 is 1.44 bits per heavy atom. The van der Waals surface area contributed by atoms with Gasteiger partial charge in [0.15, 0.2) is 0 Å². The highest BCUT2D eigenvalue weighted by molar-refractivity contribution is 8.76. The Hall–Kier alpha value is -1.66. The molecule has 0 aliphatic carbocycles. The Bertz CT molecular complexity index is 1080. The molecule has 64 heavy (non-hydrogen) atoms. The lowest BCUT2D eigenvalue weighted by molar-refractivity contribution is -0.150. The number of unbranched alkanes of at least 4 members (excludes halogenated alkanes) is 16. The second-order valence-electron chi connectivity index (χ2n) is 18.2. The van der Waals surface area contributed by atoms with Gasteiger partial charge in [-0.1, -0.05) is 191 Å². The normalized spacial score (nSPS) is 15.1. The average Bonchev–Trinajstić information content (AvgIpc) is 3.30. The van der Waals surface area contributed by atoms with Crippen LogP contribution in [0.15, 0.2) is 0 Å². The largest absolute Gasteiger partial charge is 0.465 e. The highest BCUT2D eigenvalue weighted by Gasteiger charge is 2.24. The fraction of sp³-hybridized carbons (Fsp3) is 0.923. The molecular formula is C52H98N2O8S2. The molecule has 12 heteroatoms. The molecule has 1 saturated heterocycles. The summed E-state index contributed by atoms with van der Waals surface area (Å²) in [6.45, 7) is 14.2. The van der Waals surface area contributed by atoms with E-state index in [4.69, 9.17) is 18.9 Å². The quantitative estimate of drug-likeness (QED) is 0.0252. The van der Waals surface area contributed by atoms with E-state index in [0.29, 0.717) is 30.6 Å². The van der Waals surface area contributed by atoms with Crippen LogP contribution in [0.5, 0.6) is 0 Å². The van der Waals surface area contributed by atoms with Crippen LogP contribution in [-0.2, 0) is 33.3 Å². The number of amides is 1. The van der Waals surface area contributed by atoms with Crippen molar-refractivity contribution in [3.8, 4) is 0 Å². The maximum absolute atomic E-state index is 13.4. The summed E-state index contributed by atoms with van der Waals surface area (Å²) in [5, 5.41) is 0. The molecule has 0 saturated carbocycles. The van der Waals surface area contributed by atoms with Gasteiger partial charge < -0.3 is 28.7 Å². The van der Waals surface area contributed by atoms with Crippen LogP contribution in [0.25, 0.3) is 0 Å². The van der Waals surface area contributed by atoms with Crippen LogP contribution in [0.4, 0.5) is 4.79 Å². The second kappa shape index (κ2) is 43.9. The zero-order chi connectivity index (χ0) is 46.7. The van der Waals surface area contributed by atoms with Gasteiger partial charge in [-0.3, -0.25) is 14.4 Å². The third kappa shape index (κ3) is 32.9. The van der Waals surface area contributed by atoms with E-state index in [1.165, 1.54) is 94.8 Å². The molecule has 3 unspecified atom stereocenters. The second-order valence-corrected chi connectivity index (χ2v) is 20.9. The Kier molecular flexibility index (Phi) is 41.4. The van der Waals surface area contributed by atoms with E-state index < -0.39 is 6.09 Å². The lowest BCUT2D eigenvalue weighted by Gasteiger charge is -2.35. The van der Waals surface area contributed by atoms with Crippen LogP contribution in [0.2, 0.25) is 0 Å². The molecule has 0 N–H and O–H groups in total. The summed E-state index contributed by atoms with van der Waals surface area (Å²) in [4.78, 5) is 56.6. The van der Waals surface area contributed by atoms with Crippen molar-refractivity contribution in [1.29, 1.82) is 0 Å². The van der Waals surface area contributed by atoms with Crippen molar-refractivity contribution >= 4 is 45.6 Å². The van der Waals surface area contributed by atoms with E-state index in [0.717, 1.165) is 109 Å². The van der Waals surface area contributed by atoms with E-state index in [9.17, 15) is 19.2 Å². The van der Waals surface area contributed by atoms with E-state index in [2.05, 4.69) is 39.5 Å². The summed E-state index contributed by atoms with van der Waals surface area (Å²) >= 11 is 0. The zero-order valence-corrected chi connectivity index (χ0v) is 43.6. The van der Waals surface area contributed by atoms with Gasteiger partial charge in [0.1, 0.15) is 26.4 Å². The molecule has 0 aromatic rings. The first-order valence-electron chi connectivity index (χ1n) is 26.7. The first kappa shape index (κ1) is 60.4. The number of likely N-dealkylation sites (tertiary alicyclic amines) is 1. The van der Waals surface area contributed by atoms with Crippen LogP contribution < -0.4 is 0 Å². The predicted molar refractivity (Wildman–Crippen MR) is 270 cm³/mol. The van der Waals surface area contributed by atoms with E-state index in [1.807, 2.05) is 0 Å². The lowest BCUT2D eigenvalue weighted by atomic mass is 9.94. The van der Waals surface area contributed by atoms with E-state index >= 15 is 0 Å². The number of carbonyl (C=O) groups excluding carboxylic acids is 4. The minimum absolute atomic E-state index is 0.0722. The molecule has 0 spiro atoms. The topological polar surface area (TPSA) is 112 Å². The van der Waals surface area contributed by atoms with Gasteiger partial charge in [-0.2, -0.15) is 0 Å². The average molecular weight is 943 g/mol. The Balaban J connectivity index is 2.69. The van der Waals surface area contributed by atoms with Gasteiger partial charge in [-0.15, -0.1) is 0 Å². The van der Waals surface area contributed by atoms with Crippen LogP contribution in [0.3, 0.4) is 0 Å². The molecule has 1 fully saturated rings. The predicted octanol–water partition coefficient (Wildman–Crippen LogP) is 14.2. The van der Waals surface area contributed by atoms with Gasteiger partial charge in [0.05, 0.1) is 24.9 Å². The standard InChI is InChI=1S/C52H98N2O8S2/c1-6-11-15-19-21-25-32-46(30-23-17-13-8-3)50(56)60-40-38-54(39-41-61-51(57)47(31-24-18-14-9-4)33-26-22-20-16-12-7-2)52(58)62-43-45-64-63-44-42-59-49(55)35-29-37-53-36-28-27-34-48(53)10-5/h46-48H,6-45H2,1-5H3. The molecule has 376 valence electrons. The summed E-state index contributed by atoms with van der Waals surface area (Å²) < 4.78 is 22.9. The third-order valence-corrected chi connectivity index (χ3v) is 15.0. The van der Waals surface area contributed by atoms with Crippen molar-refractivity contribution < 1.29 is 38.1 Å².